The van der Waals surface area contributed by atoms with Crippen LogP contribution in [0.15, 0.2) is 41.4 Å². The lowest BCUT2D eigenvalue weighted by molar-refractivity contribution is 0.113. The number of aromatic nitrogens is 3. The number of aliphatic hydroxyl groups is 1. The standard InChI is InChI=1S/C20H24ClN5O3S/c1-13(2)17-12-22-26-19(11-18(21)24-20(17)26)23-14-3-5-16(6-4-14)30(28,29)25-9-7-15(27)8-10-25/h3-6,11-13,15,23,27H,7-10H2,1-2H3. The minimum Gasteiger partial charge on any atom is -0.393 e. The van der Waals surface area contributed by atoms with Crippen molar-refractivity contribution < 1.29 is 13.5 Å². The highest BCUT2D eigenvalue weighted by atomic mass is 35.5. The van der Waals surface area contributed by atoms with Crippen LogP contribution in [0.1, 0.15) is 38.2 Å². The van der Waals surface area contributed by atoms with Crippen molar-refractivity contribution in [3.05, 3.63) is 47.2 Å². The van der Waals surface area contributed by atoms with E-state index in [-0.39, 0.29) is 10.8 Å². The zero-order valence-electron chi connectivity index (χ0n) is 16.8. The molecule has 10 heteroatoms. The summed E-state index contributed by atoms with van der Waals surface area (Å²) < 4.78 is 28.8. The van der Waals surface area contributed by atoms with E-state index in [4.69, 9.17) is 11.6 Å². The fraction of sp³-hybridized carbons (Fsp3) is 0.400. The van der Waals surface area contributed by atoms with Crippen molar-refractivity contribution in [1.82, 2.24) is 18.9 Å². The highest BCUT2D eigenvalue weighted by Gasteiger charge is 2.28. The molecule has 0 spiro atoms. The first-order chi connectivity index (χ1) is 14.3. The van der Waals surface area contributed by atoms with E-state index in [1.807, 2.05) is 0 Å². The van der Waals surface area contributed by atoms with E-state index in [0.717, 1.165) is 5.56 Å². The van der Waals surface area contributed by atoms with E-state index in [1.54, 1.807) is 41.0 Å². The molecule has 30 heavy (non-hydrogen) atoms. The molecule has 0 aliphatic carbocycles. The molecule has 8 nitrogen and oxygen atoms in total. The third kappa shape index (κ3) is 4.02. The highest BCUT2D eigenvalue weighted by molar-refractivity contribution is 7.89. The lowest BCUT2D eigenvalue weighted by Crippen LogP contribution is -2.39. The van der Waals surface area contributed by atoms with Crippen LogP contribution in [0.5, 0.6) is 0 Å². The molecule has 0 bridgehead atoms. The van der Waals surface area contributed by atoms with Gasteiger partial charge in [0.15, 0.2) is 5.65 Å². The molecule has 0 saturated carbocycles. The average molecular weight is 450 g/mol. The molecular weight excluding hydrogens is 426 g/mol. The second-order valence-electron chi connectivity index (χ2n) is 7.74. The summed E-state index contributed by atoms with van der Waals surface area (Å²) in [4.78, 5) is 4.61. The zero-order valence-corrected chi connectivity index (χ0v) is 18.4. The second-order valence-corrected chi connectivity index (χ2v) is 10.1. The summed E-state index contributed by atoms with van der Waals surface area (Å²) in [6.07, 6.45) is 2.27. The Hall–Kier alpha value is -2.20. The molecule has 2 N–H and O–H groups in total. The number of rotatable bonds is 5. The van der Waals surface area contributed by atoms with Gasteiger partial charge in [0.1, 0.15) is 11.0 Å². The molecule has 0 amide bonds. The Morgan fingerprint density at radius 1 is 1.20 bits per heavy atom. The molecule has 1 aliphatic rings. The van der Waals surface area contributed by atoms with Crippen LogP contribution in [-0.4, -0.2) is 51.6 Å². The highest BCUT2D eigenvalue weighted by Crippen LogP contribution is 2.27. The molecule has 1 fully saturated rings. The van der Waals surface area contributed by atoms with Crippen molar-refractivity contribution in [3.8, 4) is 0 Å². The fourth-order valence-corrected chi connectivity index (χ4v) is 5.19. The number of nitrogens with one attached hydrogen (secondary N) is 1. The summed E-state index contributed by atoms with van der Waals surface area (Å²) in [6.45, 7) is 4.78. The van der Waals surface area contributed by atoms with E-state index in [1.165, 1.54) is 4.31 Å². The topological polar surface area (TPSA) is 99.8 Å². The van der Waals surface area contributed by atoms with Crippen LogP contribution >= 0.6 is 11.6 Å². The quantitative estimate of drug-likeness (QED) is 0.579. The summed E-state index contributed by atoms with van der Waals surface area (Å²) in [5, 5.41) is 17.6. The Morgan fingerprint density at radius 2 is 1.87 bits per heavy atom. The summed E-state index contributed by atoms with van der Waals surface area (Å²) >= 11 is 6.21. The van der Waals surface area contributed by atoms with Crippen LogP contribution in [-0.2, 0) is 10.0 Å². The minimum absolute atomic E-state index is 0.225. The van der Waals surface area contributed by atoms with E-state index >= 15 is 0 Å². The molecule has 3 heterocycles. The number of hydrogen-bond donors (Lipinski definition) is 2. The molecule has 160 valence electrons. The largest absolute Gasteiger partial charge is 0.393 e. The number of halogens is 1. The Balaban J connectivity index is 1.59. The molecule has 2 aromatic heterocycles. The number of sulfonamides is 1. The van der Waals surface area contributed by atoms with Crippen LogP contribution in [0, 0.1) is 0 Å². The predicted octanol–water partition coefficient (Wildman–Crippen LogP) is 3.40. The van der Waals surface area contributed by atoms with Gasteiger partial charge in [0, 0.05) is 30.4 Å². The van der Waals surface area contributed by atoms with Crippen molar-refractivity contribution in [1.29, 1.82) is 0 Å². The molecule has 1 aliphatic heterocycles. The van der Waals surface area contributed by atoms with E-state index in [0.29, 0.717) is 48.2 Å². The summed E-state index contributed by atoms with van der Waals surface area (Å²) in [6, 6.07) is 8.24. The number of piperidine rings is 1. The molecule has 0 radical (unpaired) electrons. The third-order valence-corrected chi connectivity index (χ3v) is 7.38. The van der Waals surface area contributed by atoms with Gasteiger partial charge in [-0.05, 0) is 43.0 Å². The van der Waals surface area contributed by atoms with Crippen LogP contribution in [0.4, 0.5) is 11.5 Å². The SMILES string of the molecule is CC(C)c1cnn2c(Nc3ccc(S(=O)(=O)N4CCC(O)CC4)cc3)cc(Cl)nc12. The molecule has 3 aromatic rings. The smallest absolute Gasteiger partial charge is 0.243 e. The van der Waals surface area contributed by atoms with Gasteiger partial charge in [-0.1, -0.05) is 25.4 Å². The maximum atomic E-state index is 12.8. The van der Waals surface area contributed by atoms with E-state index < -0.39 is 16.1 Å². The fourth-order valence-electron chi connectivity index (χ4n) is 3.54. The van der Waals surface area contributed by atoms with Crippen molar-refractivity contribution in [2.45, 2.75) is 43.6 Å². The summed E-state index contributed by atoms with van der Waals surface area (Å²) in [5.41, 5.74) is 2.38. The van der Waals surface area contributed by atoms with Crippen molar-refractivity contribution in [2.24, 2.45) is 0 Å². The lowest BCUT2D eigenvalue weighted by atomic mass is 10.1. The number of anilines is 2. The van der Waals surface area contributed by atoms with Crippen molar-refractivity contribution >= 4 is 38.8 Å². The lowest BCUT2D eigenvalue weighted by Gasteiger charge is -2.28. The van der Waals surface area contributed by atoms with Gasteiger partial charge in [-0.15, -0.1) is 0 Å². The maximum Gasteiger partial charge on any atom is 0.243 e. The third-order valence-electron chi connectivity index (χ3n) is 5.28. The van der Waals surface area contributed by atoms with E-state index in [2.05, 4.69) is 29.2 Å². The maximum absolute atomic E-state index is 12.8. The predicted molar refractivity (Wildman–Crippen MR) is 116 cm³/mol. The Morgan fingerprint density at radius 3 is 2.50 bits per heavy atom. The molecule has 1 aromatic carbocycles. The van der Waals surface area contributed by atoms with Crippen molar-refractivity contribution in [3.63, 3.8) is 0 Å². The molecule has 0 unspecified atom stereocenters. The monoisotopic (exact) mass is 449 g/mol. The molecule has 0 atom stereocenters. The average Bonchev–Trinajstić information content (AvgIpc) is 3.13. The number of fused-ring (bicyclic) bond motifs is 1. The van der Waals surface area contributed by atoms with Crippen LogP contribution in [0.25, 0.3) is 5.65 Å². The van der Waals surface area contributed by atoms with Gasteiger partial charge in [-0.2, -0.15) is 13.9 Å². The first-order valence-electron chi connectivity index (χ1n) is 9.85. The summed E-state index contributed by atoms with van der Waals surface area (Å²) in [7, 11) is -3.58. The normalized spacial score (nSPS) is 16.4. The molecule has 4 rings (SSSR count). The number of aliphatic hydroxyl groups excluding tert-OH is 1. The van der Waals surface area contributed by atoms with Crippen LogP contribution in [0.2, 0.25) is 5.15 Å². The van der Waals surface area contributed by atoms with Crippen LogP contribution < -0.4 is 5.32 Å². The molecule has 1 saturated heterocycles. The number of hydrogen-bond acceptors (Lipinski definition) is 6. The first kappa shape index (κ1) is 21.0. The second kappa shape index (κ2) is 8.14. The van der Waals surface area contributed by atoms with Gasteiger partial charge in [0.25, 0.3) is 0 Å². The Kier molecular flexibility index (Phi) is 5.71. The minimum atomic E-state index is -3.58. The van der Waals surface area contributed by atoms with Gasteiger partial charge in [-0.25, -0.2) is 13.4 Å². The summed E-state index contributed by atoms with van der Waals surface area (Å²) in [5.74, 6) is 0.888. The van der Waals surface area contributed by atoms with Gasteiger partial charge in [0.2, 0.25) is 10.0 Å². The van der Waals surface area contributed by atoms with Gasteiger partial charge < -0.3 is 10.4 Å². The van der Waals surface area contributed by atoms with Crippen molar-refractivity contribution in [2.75, 3.05) is 18.4 Å². The molecular formula is C20H24ClN5O3S. The van der Waals surface area contributed by atoms with Crippen LogP contribution in [0.3, 0.4) is 0 Å². The Bertz CT molecular complexity index is 1150. The van der Waals surface area contributed by atoms with E-state index in [9.17, 15) is 13.5 Å². The zero-order chi connectivity index (χ0) is 21.5. The first-order valence-corrected chi connectivity index (χ1v) is 11.7. The Labute approximate surface area is 180 Å². The number of benzene rings is 1. The van der Waals surface area contributed by atoms with Gasteiger partial charge >= 0.3 is 0 Å². The van der Waals surface area contributed by atoms with Gasteiger partial charge in [-0.3, -0.25) is 0 Å². The van der Waals surface area contributed by atoms with Gasteiger partial charge in [0.05, 0.1) is 17.2 Å². The number of nitrogens with zero attached hydrogens (tertiary/aromatic N) is 4.